The Morgan fingerprint density at radius 3 is 1.23 bits per heavy atom. The molecule has 0 saturated carbocycles. The van der Waals surface area contributed by atoms with Crippen LogP contribution >= 0.6 is 0 Å². The van der Waals surface area contributed by atoms with Gasteiger partial charge in [0.25, 0.3) is 0 Å². The molecule has 11 heteroatoms. The number of amides is 1. The number of aliphatic hydroxyl groups excluding tert-OH is 5. The molecule has 0 aromatic heterocycles. The molecule has 11 nitrogen and oxygen atoms in total. The van der Waals surface area contributed by atoms with Crippen LogP contribution in [-0.4, -0.2) is 99.6 Å². The second kappa shape index (κ2) is 64.2. The van der Waals surface area contributed by atoms with Crippen LogP contribution in [0, 0.1) is 0 Å². The molecule has 0 radical (unpaired) electrons. The lowest BCUT2D eigenvalue weighted by molar-refractivity contribution is -0.305. The fourth-order valence-electron chi connectivity index (χ4n) is 11.6. The normalized spacial score (nSPS) is 18.6. The van der Waals surface area contributed by atoms with Gasteiger partial charge in [0.2, 0.25) is 5.91 Å². The van der Waals surface area contributed by atoms with E-state index in [4.69, 9.17) is 14.2 Å². The molecule has 6 N–H and O–H groups in total. The van der Waals surface area contributed by atoms with E-state index >= 15 is 0 Å². The molecular weight excluding hydrogens is 1100 g/mol. The third-order valence-electron chi connectivity index (χ3n) is 17.4. The highest BCUT2D eigenvalue weighted by Crippen LogP contribution is 2.26. The van der Waals surface area contributed by atoms with E-state index in [2.05, 4.69) is 86.8 Å². The topological polar surface area (TPSA) is 175 Å². The summed E-state index contributed by atoms with van der Waals surface area (Å²) in [5.41, 5.74) is 0. The molecule has 1 amide bonds. The van der Waals surface area contributed by atoms with Gasteiger partial charge in [-0.2, -0.15) is 0 Å². The monoisotopic (exact) mass is 1240 g/mol. The van der Waals surface area contributed by atoms with Crippen molar-refractivity contribution in [3.8, 4) is 0 Å². The zero-order chi connectivity index (χ0) is 63.9. The van der Waals surface area contributed by atoms with Crippen LogP contribution in [0.4, 0.5) is 0 Å². The summed E-state index contributed by atoms with van der Waals surface area (Å²) in [5, 5.41) is 57.3. The lowest BCUT2D eigenvalue weighted by atomic mass is 9.99. The third-order valence-corrected chi connectivity index (χ3v) is 17.4. The fourth-order valence-corrected chi connectivity index (χ4v) is 11.6. The number of hydrogen-bond acceptors (Lipinski definition) is 10. The van der Waals surface area contributed by atoms with E-state index in [-0.39, 0.29) is 13.0 Å². The summed E-state index contributed by atoms with van der Waals surface area (Å²) in [7, 11) is 0. The molecule has 0 bridgehead atoms. The van der Waals surface area contributed by atoms with Gasteiger partial charge in [0, 0.05) is 6.42 Å². The molecule has 1 fully saturated rings. The van der Waals surface area contributed by atoms with Gasteiger partial charge in [-0.3, -0.25) is 9.59 Å². The molecule has 88 heavy (non-hydrogen) atoms. The summed E-state index contributed by atoms with van der Waals surface area (Å²) in [4.78, 5) is 26.7. The lowest BCUT2D eigenvalue weighted by Gasteiger charge is -2.41. The third kappa shape index (κ3) is 50.7. The minimum absolute atomic E-state index is 0.119. The molecule has 0 aliphatic carbocycles. The second-order valence-corrected chi connectivity index (χ2v) is 25.7. The van der Waals surface area contributed by atoms with E-state index < -0.39 is 67.4 Å². The SMILES string of the molecule is CC/C=C\C/C=C\C/C=C\C/C=C\C/C=C\CCCCCCCCCCCCCC(=O)OC1C(OCC(NC(=O)C(O)CCCCCCCCCCCCCCCCCCCCCC)C(O)/C=C/CCCCCCCCCCCC)OC(CO)C(O)C1O. The number of esters is 1. The molecule has 0 aromatic carbocycles. The predicted octanol–water partition coefficient (Wildman–Crippen LogP) is 19.5. The minimum Gasteiger partial charge on any atom is -0.454 e. The number of allylic oxidation sites excluding steroid dienone is 11. The van der Waals surface area contributed by atoms with Crippen LogP contribution in [0.3, 0.4) is 0 Å². The highest BCUT2D eigenvalue weighted by molar-refractivity contribution is 5.80. The number of nitrogens with one attached hydrogen (secondary N) is 1. The van der Waals surface area contributed by atoms with Crippen LogP contribution in [0.2, 0.25) is 0 Å². The Hall–Kier alpha value is -2.90. The van der Waals surface area contributed by atoms with Gasteiger partial charge in [-0.1, -0.05) is 338 Å². The van der Waals surface area contributed by atoms with Crippen LogP contribution in [0.25, 0.3) is 0 Å². The van der Waals surface area contributed by atoms with Gasteiger partial charge in [0.15, 0.2) is 12.4 Å². The fraction of sp³-hybridized carbons (Fsp3) is 0.818. The summed E-state index contributed by atoms with van der Waals surface area (Å²) in [6.07, 6.45) is 73.7. The van der Waals surface area contributed by atoms with Crippen molar-refractivity contribution in [1.29, 1.82) is 0 Å². The van der Waals surface area contributed by atoms with E-state index in [1.165, 1.54) is 199 Å². The minimum atomic E-state index is -1.62. The zero-order valence-electron chi connectivity index (χ0n) is 57.1. The molecule has 1 rings (SSSR count). The van der Waals surface area contributed by atoms with Gasteiger partial charge in [-0.15, -0.1) is 0 Å². The first-order valence-corrected chi connectivity index (χ1v) is 37.2. The average molecular weight is 1240 g/mol. The Bertz CT molecular complexity index is 1710. The van der Waals surface area contributed by atoms with E-state index in [0.29, 0.717) is 19.3 Å². The van der Waals surface area contributed by atoms with E-state index in [1.807, 2.05) is 6.08 Å². The van der Waals surface area contributed by atoms with Crippen molar-refractivity contribution in [3.05, 3.63) is 72.9 Å². The van der Waals surface area contributed by atoms with Gasteiger partial charge in [0.05, 0.1) is 25.4 Å². The van der Waals surface area contributed by atoms with E-state index in [1.54, 1.807) is 6.08 Å². The number of carbonyl (C=O) groups excluding carboxylic acids is 2. The quantitative estimate of drug-likeness (QED) is 0.0195. The van der Waals surface area contributed by atoms with Crippen molar-refractivity contribution in [2.75, 3.05) is 13.2 Å². The Morgan fingerprint density at radius 2 is 0.818 bits per heavy atom. The molecule has 1 aliphatic heterocycles. The number of hydrogen-bond donors (Lipinski definition) is 6. The van der Waals surface area contributed by atoms with Gasteiger partial charge in [-0.25, -0.2) is 0 Å². The zero-order valence-corrected chi connectivity index (χ0v) is 57.1. The summed E-state index contributed by atoms with van der Waals surface area (Å²) in [6, 6.07) is -1.02. The van der Waals surface area contributed by atoms with Gasteiger partial charge in [-0.05, 0) is 70.6 Å². The number of aliphatic hydroxyl groups is 5. The highest BCUT2D eigenvalue weighted by atomic mass is 16.7. The molecule has 1 aliphatic rings. The van der Waals surface area contributed by atoms with Crippen LogP contribution in [0.1, 0.15) is 342 Å². The molecule has 0 aromatic rings. The molecule has 8 atom stereocenters. The Morgan fingerprint density at radius 1 is 0.455 bits per heavy atom. The summed E-state index contributed by atoms with van der Waals surface area (Å²) >= 11 is 0. The second-order valence-electron chi connectivity index (χ2n) is 25.7. The van der Waals surface area contributed by atoms with Crippen LogP contribution in [0.5, 0.6) is 0 Å². The molecular formula is C77H139NO10. The van der Waals surface area contributed by atoms with Crippen molar-refractivity contribution in [2.45, 2.75) is 391 Å². The Labute approximate surface area is 541 Å². The Balaban J connectivity index is 2.53. The number of carbonyl (C=O) groups is 2. The van der Waals surface area contributed by atoms with Crippen molar-refractivity contribution in [2.24, 2.45) is 0 Å². The maximum atomic E-state index is 13.5. The number of rotatable bonds is 64. The summed E-state index contributed by atoms with van der Waals surface area (Å²) in [6.45, 7) is 5.72. The van der Waals surface area contributed by atoms with Crippen LogP contribution < -0.4 is 5.32 Å². The molecule has 1 saturated heterocycles. The first kappa shape index (κ1) is 83.1. The van der Waals surface area contributed by atoms with Crippen molar-refractivity contribution >= 4 is 11.9 Å². The largest absolute Gasteiger partial charge is 0.454 e. The molecule has 1 heterocycles. The smallest absolute Gasteiger partial charge is 0.306 e. The average Bonchev–Trinajstić information content (AvgIpc) is 1.29. The molecule has 512 valence electrons. The maximum absolute atomic E-state index is 13.5. The molecule has 8 unspecified atom stereocenters. The first-order chi connectivity index (χ1) is 43.2. The first-order valence-electron chi connectivity index (χ1n) is 37.2. The van der Waals surface area contributed by atoms with Crippen molar-refractivity contribution in [1.82, 2.24) is 5.32 Å². The van der Waals surface area contributed by atoms with Gasteiger partial charge >= 0.3 is 5.97 Å². The predicted molar refractivity (Wildman–Crippen MR) is 370 cm³/mol. The van der Waals surface area contributed by atoms with E-state index in [9.17, 15) is 35.1 Å². The Kier molecular flexibility index (Phi) is 60.6. The van der Waals surface area contributed by atoms with Crippen molar-refractivity contribution in [3.63, 3.8) is 0 Å². The highest BCUT2D eigenvalue weighted by Gasteiger charge is 2.47. The van der Waals surface area contributed by atoms with Crippen molar-refractivity contribution < 1.29 is 49.3 Å². The van der Waals surface area contributed by atoms with Gasteiger partial charge < -0.3 is 45.1 Å². The standard InChI is InChI=1S/C77H139NO10/c1-4-7-10-13-16-19-22-25-27-29-31-33-34-35-36-37-38-39-41-43-45-47-50-53-56-59-62-65-72(82)88-75-74(84)73(83)71(66-79)87-77(75)86-67-68(69(80)63-60-57-54-51-48-24-21-18-15-12-9-6-3)78-76(85)70(81)64-61-58-55-52-49-46-44-42-40-32-30-28-26-23-20-17-14-11-8-5-2/h7,10,16,19,25,27,31,33,35-36,60,63,68-71,73-75,77,79-81,83-84H,4-6,8-9,11-15,17-18,20-24,26,28-30,32,34,37-59,61-62,64-67H2,1-3H3,(H,78,85)/b10-7-,19-16-,27-25-,33-31-,36-35-,63-60+. The van der Waals surface area contributed by atoms with Gasteiger partial charge in [0.1, 0.15) is 24.4 Å². The van der Waals surface area contributed by atoms with E-state index in [0.717, 1.165) is 96.3 Å². The summed E-state index contributed by atoms with van der Waals surface area (Å²) < 4.78 is 17.7. The van der Waals surface area contributed by atoms with Crippen LogP contribution in [0.15, 0.2) is 72.9 Å². The summed E-state index contributed by atoms with van der Waals surface area (Å²) in [5.74, 6) is -1.19. The molecule has 0 spiro atoms. The lowest BCUT2D eigenvalue weighted by Crippen LogP contribution is -2.61. The number of ether oxygens (including phenoxy) is 3. The maximum Gasteiger partial charge on any atom is 0.306 e. The van der Waals surface area contributed by atoms with Crippen LogP contribution in [-0.2, 0) is 23.8 Å². The number of unbranched alkanes of at least 4 members (excludes halogenated alkanes) is 40.